The van der Waals surface area contributed by atoms with Crippen LogP contribution in [0.4, 0.5) is 0 Å². The Balaban J connectivity index is 1.93. The standard InChI is InChI=1S/C28H40N2O7/c1-4-5-8-26(33)30(17-23-7-6-11-36-23)22-14-21(28(34)29-9-10-31)15-24(16-22)37-27-19(2)12-20(18-32)13-25(27)35-3/h5,8,12-13,15,22-24,31-32H,4,6-7,9-11,14,16-18H2,1-3H3,(H,29,34)/b8-5+. The van der Waals surface area contributed by atoms with Crippen molar-refractivity contribution in [3.63, 3.8) is 0 Å². The van der Waals surface area contributed by atoms with Gasteiger partial charge in [-0.15, -0.1) is 0 Å². The van der Waals surface area contributed by atoms with Gasteiger partial charge in [0.25, 0.3) is 0 Å². The molecular formula is C28H40N2O7. The highest BCUT2D eigenvalue weighted by atomic mass is 16.5. The number of hydrogen-bond acceptors (Lipinski definition) is 7. The fraction of sp³-hybridized carbons (Fsp3) is 0.571. The molecule has 204 valence electrons. The van der Waals surface area contributed by atoms with E-state index < -0.39 is 6.10 Å². The Kier molecular flexibility index (Phi) is 11.0. The van der Waals surface area contributed by atoms with E-state index in [0.717, 1.165) is 24.8 Å². The van der Waals surface area contributed by atoms with Crippen molar-refractivity contribution >= 4 is 11.8 Å². The van der Waals surface area contributed by atoms with Crippen molar-refractivity contribution in [2.45, 2.75) is 70.8 Å². The van der Waals surface area contributed by atoms with Crippen molar-refractivity contribution in [1.82, 2.24) is 10.2 Å². The van der Waals surface area contributed by atoms with Gasteiger partial charge in [0.2, 0.25) is 11.8 Å². The molecule has 0 saturated carbocycles. The molecule has 3 rings (SSSR count). The number of methoxy groups -OCH3 is 1. The maximum Gasteiger partial charge on any atom is 0.247 e. The SMILES string of the molecule is CC/C=C/C(=O)N(CC1CCCO1)C1CC(C(=O)NCCO)=CC(Oc2c(C)cc(CO)cc2OC)C1. The summed E-state index contributed by atoms with van der Waals surface area (Å²) in [7, 11) is 1.54. The predicted molar refractivity (Wildman–Crippen MR) is 139 cm³/mol. The topological polar surface area (TPSA) is 118 Å². The molecule has 3 unspecified atom stereocenters. The molecule has 1 fully saturated rings. The third-order valence-corrected chi connectivity index (χ3v) is 6.65. The first-order valence-corrected chi connectivity index (χ1v) is 13.0. The first kappa shape index (κ1) is 28.7. The smallest absolute Gasteiger partial charge is 0.247 e. The van der Waals surface area contributed by atoms with Gasteiger partial charge in [0.05, 0.1) is 26.4 Å². The molecule has 3 N–H and O–H groups in total. The number of ether oxygens (including phenoxy) is 3. The second kappa shape index (κ2) is 14.2. The second-order valence-electron chi connectivity index (χ2n) is 9.46. The lowest BCUT2D eigenvalue weighted by molar-refractivity contribution is -0.131. The monoisotopic (exact) mass is 516 g/mol. The lowest BCUT2D eigenvalue weighted by atomic mass is 9.90. The third-order valence-electron chi connectivity index (χ3n) is 6.65. The van der Waals surface area contributed by atoms with E-state index in [-0.39, 0.29) is 43.7 Å². The minimum atomic E-state index is -0.504. The summed E-state index contributed by atoms with van der Waals surface area (Å²) in [5.41, 5.74) is 2.00. The highest BCUT2D eigenvalue weighted by Gasteiger charge is 2.35. The minimum Gasteiger partial charge on any atom is -0.493 e. The van der Waals surface area contributed by atoms with Gasteiger partial charge in [0.1, 0.15) is 6.10 Å². The van der Waals surface area contributed by atoms with Crippen LogP contribution in [0.15, 0.2) is 35.9 Å². The van der Waals surface area contributed by atoms with Gasteiger partial charge in [-0.1, -0.05) is 13.0 Å². The lowest BCUT2D eigenvalue weighted by Crippen LogP contribution is -2.48. The Bertz CT molecular complexity index is 985. The minimum absolute atomic E-state index is 0.0377. The number of carbonyl (C=O) groups excluding carboxylic acids is 2. The van der Waals surface area contributed by atoms with Gasteiger partial charge < -0.3 is 34.6 Å². The fourth-order valence-electron chi connectivity index (χ4n) is 4.84. The Hall–Kier alpha value is -2.88. The molecule has 1 aliphatic carbocycles. The van der Waals surface area contributed by atoms with Crippen LogP contribution in [0.5, 0.6) is 11.5 Å². The maximum absolute atomic E-state index is 13.3. The van der Waals surface area contributed by atoms with Crippen LogP contribution >= 0.6 is 0 Å². The van der Waals surface area contributed by atoms with Crippen molar-refractivity contribution < 1.29 is 34.0 Å². The summed E-state index contributed by atoms with van der Waals surface area (Å²) in [5, 5.41) is 21.5. The number of amides is 2. The van der Waals surface area contributed by atoms with Gasteiger partial charge in [-0.25, -0.2) is 0 Å². The van der Waals surface area contributed by atoms with Gasteiger partial charge in [-0.05, 0) is 68.0 Å². The fourth-order valence-corrected chi connectivity index (χ4v) is 4.84. The van der Waals surface area contributed by atoms with Crippen LogP contribution in [0.3, 0.4) is 0 Å². The molecule has 9 heteroatoms. The van der Waals surface area contributed by atoms with E-state index >= 15 is 0 Å². The first-order chi connectivity index (χ1) is 17.9. The van der Waals surface area contributed by atoms with Crippen LogP contribution in [0.25, 0.3) is 0 Å². The van der Waals surface area contributed by atoms with Crippen molar-refractivity contribution in [3.8, 4) is 11.5 Å². The summed E-state index contributed by atoms with van der Waals surface area (Å²) < 4.78 is 17.8. The summed E-state index contributed by atoms with van der Waals surface area (Å²) in [4.78, 5) is 28.0. The van der Waals surface area contributed by atoms with Crippen molar-refractivity contribution in [2.75, 3.05) is 33.4 Å². The molecule has 0 spiro atoms. The van der Waals surface area contributed by atoms with E-state index in [1.807, 2.05) is 30.9 Å². The molecule has 2 aliphatic rings. The van der Waals surface area contributed by atoms with Gasteiger partial charge in [0.15, 0.2) is 11.5 Å². The van der Waals surface area contributed by atoms with E-state index in [0.29, 0.717) is 48.6 Å². The Labute approximate surface area is 219 Å². The van der Waals surface area contributed by atoms with Crippen LogP contribution in [0.2, 0.25) is 0 Å². The highest BCUT2D eigenvalue weighted by Crippen LogP contribution is 2.36. The Morgan fingerprint density at radius 2 is 2.11 bits per heavy atom. The molecule has 1 aliphatic heterocycles. The first-order valence-electron chi connectivity index (χ1n) is 13.0. The third kappa shape index (κ3) is 7.80. The van der Waals surface area contributed by atoms with Crippen molar-refractivity contribution in [3.05, 3.63) is 47.1 Å². The van der Waals surface area contributed by atoms with Crippen LogP contribution in [0.1, 0.15) is 50.2 Å². The molecule has 0 aromatic heterocycles. The second-order valence-corrected chi connectivity index (χ2v) is 9.46. The highest BCUT2D eigenvalue weighted by molar-refractivity contribution is 5.94. The lowest BCUT2D eigenvalue weighted by Gasteiger charge is -2.37. The number of hydrogen-bond donors (Lipinski definition) is 3. The molecule has 0 radical (unpaired) electrons. The summed E-state index contributed by atoms with van der Waals surface area (Å²) in [6.45, 7) is 4.83. The summed E-state index contributed by atoms with van der Waals surface area (Å²) in [6, 6.07) is 3.27. The quantitative estimate of drug-likeness (QED) is 0.365. The van der Waals surface area contributed by atoms with Gasteiger partial charge in [-0.3, -0.25) is 9.59 Å². The Morgan fingerprint density at radius 3 is 2.76 bits per heavy atom. The molecule has 3 atom stereocenters. The number of aliphatic hydroxyl groups excluding tert-OH is 2. The van der Waals surface area contributed by atoms with Crippen molar-refractivity contribution in [1.29, 1.82) is 0 Å². The van der Waals surface area contributed by atoms with E-state index in [2.05, 4.69) is 5.32 Å². The zero-order valence-electron chi connectivity index (χ0n) is 22.1. The maximum atomic E-state index is 13.3. The number of benzene rings is 1. The number of allylic oxidation sites excluding steroid dienone is 1. The number of carbonyl (C=O) groups is 2. The molecule has 1 saturated heterocycles. The molecule has 37 heavy (non-hydrogen) atoms. The summed E-state index contributed by atoms with van der Waals surface area (Å²) in [5.74, 6) is 0.614. The van der Waals surface area contributed by atoms with Gasteiger partial charge >= 0.3 is 0 Å². The molecule has 0 bridgehead atoms. The van der Waals surface area contributed by atoms with E-state index in [1.54, 1.807) is 18.2 Å². The van der Waals surface area contributed by atoms with Gasteiger partial charge in [0, 0.05) is 37.7 Å². The molecular weight excluding hydrogens is 476 g/mol. The number of aryl methyl sites for hydroxylation is 1. The number of nitrogens with zero attached hydrogens (tertiary/aromatic N) is 1. The molecule has 1 aromatic rings. The summed E-state index contributed by atoms with van der Waals surface area (Å²) in [6.07, 6.45) is 8.13. The van der Waals surface area contributed by atoms with Crippen molar-refractivity contribution in [2.24, 2.45) is 0 Å². The number of nitrogens with one attached hydrogen (secondary N) is 1. The van der Waals surface area contributed by atoms with E-state index in [9.17, 15) is 19.8 Å². The molecule has 9 nitrogen and oxygen atoms in total. The Morgan fingerprint density at radius 1 is 1.30 bits per heavy atom. The van der Waals surface area contributed by atoms with E-state index in [1.165, 1.54) is 7.11 Å². The number of rotatable bonds is 12. The zero-order chi connectivity index (χ0) is 26.8. The van der Waals surface area contributed by atoms with Crippen LogP contribution in [-0.2, 0) is 20.9 Å². The average Bonchev–Trinajstić information content (AvgIpc) is 3.43. The molecule has 2 amide bonds. The van der Waals surface area contributed by atoms with Crippen LogP contribution < -0.4 is 14.8 Å². The largest absolute Gasteiger partial charge is 0.493 e. The number of aliphatic hydroxyl groups is 2. The van der Waals surface area contributed by atoms with Gasteiger partial charge in [-0.2, -0.15) is 0 Å². The molecule has 1 aromatic carbocycles. The zero-order valence-corrected chi connectivity index (χ0v) is 22.1. The normalized spacial score (nSPS) is 21.5. The van der Waals surface area contributed by atoms with Crippen LogP contribution in [0, 0.1) is 6.92 Å². The molecule has 1 heterocycles. The predicted octanol–water partition coefficient (Wildman–Crippen LogP) is 2.41. The average molecular weight is 517 g/mol. The van der Waals surface area contributed by atoms with Crippen LogP contribution in [-0.4, -0.2) is 78.6 Å². The van der Waals surface area contributed by atoms with E-state index in [4.69, 9.17) is 14.2 Å². The summed E-state index contributed by atoms with van der Waals surface area (Å²) >= 11 is 0.